The highest BCUT2D eigenvalue weighted by molar-refractivity contribution is 5.96. The second-order valence-corrected chi connectivity index (χ2v) is 6.84. The number of anilines is 1. The monoisotopic (exact) mass is 371 g/mol. The molecule has 0 spiro atoms. The molecule has 0 atom stereocenters. The number of rotatable bonds is 6. The highest BCUT2D eigenvalue weighted by atomic mass is 16.6. The number of amides is 2. The number of nitrogens with one attached hydrogen (secondary N) is 2. The molecule has 0 aliphatic carbocycles. The number of ether oxygens (including phenoxy) is 1. The van der Waals surface area contributed by atoms with Crippen LogP contribution in [-0.2, 0) is 4.79 Å². The van der Waals surface area contributed by atoms with Crippen molar-refractivity contribution in [2.24, 2.45) is 0 Å². The number of nitro groups is 1. The van der Waals surface area contributed by atoms with E-state index in [1.165, 1.54) is 18.2 Å². The summed E-state index contributed by atoms with van der Waals surface area (Å²) in [4.78, 5) is 34.4. The van der Waals surface area contributed by atoms with Gasteiger partial charge < -0.3 is 15.4 Å². The summed E-state index contributed by atoms with van der Waals surface area (Å²) in [6, 6.07) is 12.2. The molecular weight excluding hydrogens is 350 g/mol. The third-order valence-electron chi connectivity index (χ3n) is 3.34. The standard InChI is InChI=1S/C19H21N3O5/c1-19(2,3)21-18(24)13-8-10-14(11-9-13)20-17(23)12-27-16-7-5-4-6-15(16)22(25)26/h4-11H,12H2,1-3H3,(H,20,23)(H,21,24). The number of carbonyl (C=O) groups excluding carboxylic acids is 2. The Morgan fingerprint density at radius 2 is 1.70 bits per heavy atom. The van der Waals surface area contributed by atoms with Crippen LogP contribution < -0.4 is 15.4 Å². The van der Waals surface area contributed by atoms with E-state index in [4.69, 9.17) is 4.74 Å². The van der Waals surface area contributed by atoms with Crippen LogP contribution >= 0.6 is 0 Å². The fourth-order valence-corrected chi connectivity index (χ4v) is 2.19. The van der Waals surface area contributed by atoms with Gasteiger partial charge in [-0.25, -0.2) is 0 Å². The van der Waals surface area contributed by atoms with E-state index in [1.807, 2.05) is 20.8 Å². The first-order chi connectivity index (χ1) is 12.7. The molecule has 0 aliphatic heterocycles. The van der Waals surface area contributed by atoms with Crippen LogP contribution in [0.25, 0.3) is 0 Å². The number of para-hydroxylation sites is 2. The van der Waals surface area contributed by atoms with Gasteiger partial charge in [-0.15, -0.1) is 0 Å². The molecular formula is C19H21N3O5. The van der Waals surface area contributed by atoms with E-state index in [1.54, 1.807) is 30.3 Å². The SMILES string of the molecule is CC(C)(C)NC(=O)c1ccc(NC(=O)COc2ccccc2[N+](=O)[O-])cc1. The van der Waals surface area contributed by atoms with Crippen LogP contribution in [0.5, 0.6) is 5.75 Å². The van der Waals surface area contributed by atoms with Crippen LogP contribution in [-0.4, -0.2) is 28.9 Å². The molecule has 0 unspecified atom stereocenters. The number of nitrogens with zero attached hydrogens (tertiary/aromatic N) is 1. The molecule has 2 aromatic carbocycles. The molecule has 0 fully saturated rings. The largest absolute Gasteiger partial charge is 0.477 e. The molecule has 2 amide bonds. The number of nitro benzene ring substituents is 1. The van der Waals surface area contributed by atoms with Crippen LogP contribution in [0.1, 0.15) is 31.1 Å². The quantitative estimate of drug-likeness (QED) is 0.599. The van der Waals surface area contributed by atoms with Crippen molar-refractivity contribution < 1.29 is 19.2 Å². The summed E-state index contributed by atoms with van der Waals surface area (Å²) in [7, 11) is 0. The minimum atomic E-state index is -0.575. The Hall–Kier alpha value is -3.42. The maximum atomic E-state index is 12.1. The predicted molar refractivity (Wildman–Crippen MR) is 101 cm³/mol. The lowest BCUT2D eigenvalue weighted by Crippen LogP contribution is -2.40. The van der Waals surface area contributed by atoms with E-state index in [0.29, 0.717) is 11.3 Å². The molecule has 0 aliphatic rings. The van der Waals surface area contributed by atoms with Gasteiger partial charge >= 0.3 is 5.69 Å². The molecule has 0 saturated carbocycles. The van der Waals surface area contributed by atoms with Gasteiger partial charge in [0.2, 0.25) is 0 Å². The predicted octanol–water partition coefficient (Wildman–Crippen LogP) is 3.14. The zero-order chi connectivity index (χ0) is 20.0. The maximum absolute atomic E-state index is 12.1. The lowest BCUT2D eigenvalue weighted by atomic mass is 10.1. The molecule has 2 N–H and O–H groups in total. The first-order valence-electron chi connectivity index (χ1n) is 8.24. The third-order valence-corrected chi connectivity index (χ3v) is 3.34. The zero-order valence-corrected chi connectivity index (χ0v) is 15.3. The average molecular weight is 371 g/mol. The average Bonchev–Trinajstić information content (AvgIpc) is 2.59. The topological polar surface area (TPSA) is 111 Å². The van der Waals surface area contributed by atoms with Gasteiger partial charge in [0.1, 0.15) is 0 Å². The summed E-state index contributed by atoms with van der Waals surface area (Å²) in [5.41, 5.74) is 0.401. The van der Waals surface area contributed by atoms with Gasteiger partial charge in [-0.2, -0.15) is 0 Å². The minimum Gasteiger partial charge on any atom is -0.477 e. The first-order valence-corrected chi connectivity index (χ1v) is 8.24. The first kappa shape index (κ1) is 19.9. The second-order valence-electron chi connectivity index (χ2n) is 6.84. The molecule has 2 aromatic rings. The van der Waals surface area contributed by atoms with Crippen molar-refractivity contribution in [3.05, 3.63) is 64.2 Å². The van der Waals surface area contributed by atoms with Gasteiger partial charge in [0, 0.05) is 22.9 Å². The van der Waals surface area contributed by atoms with Crippen molar-refractivity contribution in [3.8, 4) is 5.75 Å². The van der Waals surface area contributed by atoms with E-state index in [9.17, 15) is 19.7 Å². The second kappa shape index (κ2) is 8.31. The highest BCUT2D eigenvalue weighted by Crippen LogP contribution is 2.25. The van der Waals surface area contributed by atoms with E-state index in [0.717, 1.165) is 0 Å². The third kappa shape index (κ3) is 6.10. The molecule has 0 bridgehead atoms. The molecule has 0 saturated heterocycles. The van der Waals surface area contributed by atoms with E-state index in [2.05, 4.69) is 10.6 Å². The molecule has 0 aromatic heterocycles. The normalized spacial score (nSPS) is 10.8. The van der Waals surface area contributed by atoms with Crippen molar-refractivity contribution in [1.82, 2.24) is 5.32 Å². The Kier molecular flexibility index (Phi) is 6.12. The number of hydrogen-bond donors (Lipinski definition) is 2. The van der Waals surface area contributed by atoms with E-state index >= 15 is 0 Å². The van der Waals surface area contributed by atoms with Crippen molar-refractivity contribution >= 4 is 23.2 Å². The highest BCUT2D eigenvalue weighted by Gasteiger charge is 2.16. The van der Waals surface area contributed by atoms with Crippen molar-refractivity contribution in [2.75, 3.05) is 11.9 Å². The smallest absolute Gasteiger partial charge is 0.310 e. The van der Waals surface area contributed by atoms with Gasteiger partial charge in [-0.05, 0) is 51.1 Å². The number of carbonyl (C=O) groups is 2. The fraction of sp³-hybridized carbons (Fsp3) is 0.263. The summed E-state index contributed by atoms with van der Waals surface area (Å²) >= 11 is 0. The molecule has 8 heteroatoms. The molecule has 0 heterocycles. The van der Waals surface area contributed by atoms with E-state index in [-0.39, 0.29) is 29.5 Å². The Morgan fingerprint density at radius 3 is 2.30 bits per heavy atom. The van der Waals surface area contributed by atoms with Gasteiger partial charge in [-0.1, -0.05) is 12.1 Å². The van der Waals surface area contributed by atoms with Gasteiger partial charge in [-0.3, -0.25) is 19.7 Å². The Labute approximate surface area is 156 Å². The Morgan fingerprint density at radius 1 is 1.07 bits per heavy atom. The van der Waals surface area contributed by atoms with Crippen LogP contribution in [0.4, 0.5) is 11.4 Å². The number of hydrogen-bond acceptors (Lipinski definition) is 5. The van der Waals surface area contributed by atoms with Crippen molar-refractivity contribution in [3.63, 3.8) is 0 Å². The molecule has 142 valence electrons. The van der Waals surface area contributed by atoms with Gasteiger partial charge in [0.25, 0.3) is 11.8 Å². The van der Waals surface area contributed by atoms with Crippen LogP contribution in [0, 0.1) is 10.1 Å². The fourth-order valence-electron chi connectivity index (χ4n) is 2.19. The van der Waals surface area contributed by atoms with Crippen molar-refractivity contribution in [1.29, 1.82) is 0 Å². The maximum Gasteiger partial charge on any atom is 0.310 e. The molecule has 27 heavy (non-hydrogen) atoms. The van der Waals surface area contributed by atoms with Crippen LogP contribution in [0.2, 0.25) is 0 Å². The lowest BCUT2D eigenvalue weighted by molar-refractivity contribution is -0.385. The lowest BCUT2D eigenvalue weighted by Gasteiger charge is -2.20. The summed E-state index contributed by atoms with van der Waals surface area (Å²) in [6.45, 7) is 5.28. The zero-order valence-electron chi connectivity index (χ0n) is 15.3. The molecule has 8 nitrogen and oxygen atoms in total. The van der Waals surface area contributed by atoms with E-state index < -0.39 is 10.8 Å². The number of benzene rings is 2. The van der Waals surface area contributed by atoms with Crippen molar-refractivity contribution in [2.45, 2.75) is 26.3 Å². The van der Waals surface area contributed by atoms with Crippen LogP contribution in [0.3, 0.4) is 0 Å². The minimum absolute atomic E-state index is 0.0202. The molecule has 0 radical (unpaired) electrons. The Bertz CT molecular complexity index is 841. The summed E-state index contributed by atoms with van der Waals surface area (Å²) in [6.07, 6.45) is 0. The van der Waals surface area contributed by atoms with Crippen LogP contribution in [0.15, 0.2) is 48.5 Å². The summed E-state index contributed by atoms with van der Waals surface area (Å²) in [5, 5.41) is 16.4. The Balaban J connectivity index is 1.93. The summed E-state index contributed by atoms with van der Waals surface area (Å²) < 4.78 is 5.23. The van der Waals surface area contributed by atoms with Gasteiger partial charge in [0.05, 0.1) is 4.92 Å². The summed E-state index contributed by atoms with van der Waals surface area (Å²) in [5.74, 6) is -0.660. The van der Waals surface area contributed by atoms with Gasteiger partial charge in [0.15, 0.2) is 12.4 Å². The molecule has 2 rings (SSSR count).